The Morgan fingerprint density at radius 3 is 2.58 bits per heavy atom. The molecule has 0 bridgehead atoms. The Hall–Kier alpha value is -0.930. The zero-order valence-corrected chi connectivity index (χ0v) is 13.8. The van der Waals surface area contributed by atoms with E-state index in [-0.39, 0.29) is 5.78 Å². The maximum absolute atomic E-state index is 12.5. The fourth-order valence-corrected chi connectivity index (χ4v) is 3.21. The molecule has 0 saturated heterocycles. The van der Waals surface area contributed by atoms with Gasteiger partial charge in [-0.1, -0.05) is 47.5 Å². The van der Waals surface area contributed by atoms with Gasteiger partial charge in [0.05, 0.1) is 0 Å². The zero-order valence-electron chi connectivity index (χ0n) is 10.6. The van der Waals surface area contributed by atoms with Crippen LogP contribution >= 0.6 is 31.9 Å². The predicted octanol–water partition coefficient (Wildman–Crippen LogP) is 5.40. The summed E-state index contributed by atoms with van der Waals surface area (Å²) in [4.78, 5) is 12.5. The lowest BCUT2D eigenvalue weighted by Gasteiger charge is -2.06. The summed E-state index contributed by atoms with van der Waals surface area (Å²) in [5.74, 6) is 0.0531. The molecular formula is C16H14Br2O. The van der Waals surface area contributed by atoms with E-state index in [9.17, 15) is 4.79 Å². The molecule has 0 saturated carbocycles. The summed E-state index contributed by atoms with van der Waals surface area (Å²) >= 11 is 6.84. The van der Waals surface area contributed by atoms with E-state index in [2.05, 4.69) is 44.8 Å². The summed E-state index contributed by atoms with van der Waals surface area (Å²) in [5, 5.41) is 0. The van der Waals surface area contributed by atoms with Gasteiger partial charge in [-0.15, -0.1) is 0 Å². The maximum Gasteiger partial charge on any atom is 0.194 e. The lowest BCUT2D eigenvalue weighted by Crippen LogP contribution is -2.03. The van der Waals surface area contributed by atoms with Crippen molar-refractivity contribution >= 4 is 37.6 Å². The molecule has 3 heteroatoms. The quantitative estimate of drug-likeness (QED) is 0.648. The third kappa shape index (κ3) is 3.54. The number of hydrogen-bond donors (Lipinski definition) is 0. The molecule has 0 aliphatic heterocycles. The summed E-state index contributed by atoms with van der Waals surface area (Å²) in [6.45, 7) is 2.14. The van der Waals surface area contributed by atoms with Gasteiger partial charge in [-0.25, -0.2) is 0 Å². The minimum atomic E-state index is 0.0531. The Labute approximate surface area is 130 Å². The van der Waals surface area contributed by atoms with Gasteiger partial charge in [-0.3, -0.25) is 4.79 Å². The van der Waals surface area contributed by atoms with Crippen LogP contribution in [-0.4, -0.2) is 5.78 Å². The van der Waals surface area contributed by atoms with Crippen LogP contribution in [0.25, 0.3) is 0 Å². The minimum Gasteiger partial charge on any atom is -0.289 e. The average Bonchev–Trinajstić information content (AvgIpc) is 2.39. The molecule has 1 nitrogen and oxygen atoms in total. The van der Waals surface area contributed by atoms with Crippen molar-refractivity contribution in [3.63, 3.8) is 0 Å². The van der Waals surface area contributed by atoms with Gasteiger partial charge in [0, 0.05) is 20.1 Å². The van der Waals surface area contributed by atoms with Gasteiger partial charge in [-0.05, 0) is 52.2 Å². The fraction of sp³-hybridized carbons (Fsp3) is 0.188. The van der Waals surface area contributed by atoms with E-state index in [1.807, 2.05) is 36.4 Å². The highest BCUT2D eigenvalue weighted by Gasteiger charge is 2.13. The Balaban J connectivity index is 2.35. The lowest BCUT2D eigenvalue weighted by atomic mass is 10.00. The van der Waals surface area contributed by atoms with Crippen molar-refractivity contribution in [2.45, 2.75) is 19.8 Å². The number of halogens is 2. The molecule has 0 fully saturated rings. The van der Waals surface area contributed by atoms with Crippen molar-refractivity contribution in [3.8, 4) is 0 Å². The van der Waals surface area contributed by atoms with E-state index in [0.717, 1.165) is 27.4 Å². The topological polar surface area (TPSA) is 17.1 Å². The van der Waals surface area contributed by atoms with Gasteiger partial charge in [0.2, 0.25) is 0 Å². The highest BCUT2D eigenvalue weighted by atomic mass is 79.9. The molecule has 19 heavy (non-hydrogen) atoms. The summed E-state index contributed by atoms with van der Waals surface area (Å²) < 4.78 is 1.77. The molecule has 98 valence electrons. The van der Waals surface area contributed by atoms with E-state index >= 15 is 0 Å². The van der Waals surface area contributed by atoms with Gasteiger partial charge < -0.3 is 0 Å². The minimum absolute atomic E-state index is 0.0531. The average molecular weight is 382 g/mol. The fourth-order valence-electron chi connectivity index (χ4n) is 1.99. The number of rotatable bonds is 4. The molecule has 0 atom stereocenters. The molecule has 0 heterocycles. The molecule has 0 radical (unpaired) electrons. The number of aryl methyl sites for hydroxylation is 1. The third-order valence-electron chi connectivity index (χ3n) is 2.90. The monoisotopic (exact) mass is 380 g/mol. The smallest absolute Gasteiger partial charge is 0.194 e. The van der Waals surface area contributed by atoms with Crippen molar-refractivity contribution in [2.24, 2.45) is 0 Å². The van der Waals surface area contributed by atoms with Crippen molar-refractivity contribution < 1.29 is 4.79 Å². The van der Waals surface area contributed by atoms with Crippen molar-refractivity contribution in [1.29, 1.82) is 0 Å². The van der Waals surface area contributed by atoms with E-state index in [1.54, 1.807) is 0 Å². The van der Waals surface area contributed by atoms with Gasteiger partial charge >= 0.3 is 0 Å². The SMILES string of the molecule is CCCc1cccc(C(=O)c2ccc(Br)cc2Br)c1. The second-order valence-electron chi connectivity index (χ2n) is 4.40. The maximum atomic E-state index is 12.5. The molecular weight excluding hydrogens is 368 g/mol. The molecule has 0 amide bonds. The Morgan fingerprint density at radius 2 is 1.89 bits per heavy atom. The molecule has 0 aromatic heterocycles. The summed E-state index contributed by atoms with van der Waals surface area (Å²) in [7, 11) is 0. The number of carbonyl (C=O) groups excluding carboxylic acids is 1. The van der Waals surface area contributed by atoms with Gasteiger partial charge in [0.15, 0.2) is 5.78 Å². The molecule has 2 aromatic rings. The predicted molar refractivity (Wildman–Crippen MR) is 85.7 cm³/mol. The Morgan fingerprint density at radius 1 is 1.11 bits per heavy atom. The van der Waals surface area contributed by atoms with Crippen molar-refractivity contribution in [1.82, 2.24) is 0 Å². The first-order valence-corrected chi connectivity index (χ1v) is 7.79. The van der Waals surface area contributed by atoms with Crippen LogP contribution in [0.5, 0.6) is 0 Å². The van der Waals surface area contributed by atoms with Crippen LogP contribution in [-0.2, 0) is 6.42 Å². The van der Waals surface area contributed by atoms with Crippen LogP contribution in [0.1, 0.15) is 34.8 Å². The first-order chi connectivity index (χ1) is 9.11. The Kier molecular flexibility index (Phi) is 4.94. The number of benzene rings is 2. The first-order valence-electron chi connectivity index (χ1n) is 6.20. The van der Waals surface area contributed by atoms with Gasteiger partial charge in [0.25, 0.3) is 0 Å². The van der Waals surface area contributed by atoms with Crippen LogP contribution in [0.4, 0.5) is 0 Å². The van der Waals surface area contributed by atoms with Crippen molar-refractivity contribution in [3.05, 3.63) is 68.1 Å². The highest BCUT2D eigenvalue weighted by Crippen LogP contribution is 2.24. The Bertz CT molecular complexity index is 605. The van der Waals surface area contributed by atoms with Crippen LogP contribution in [0.15, 0.2) is 51.4 Å². The van der Waals surface area contributed by atoms with E-state index in [0.29, 0.717) is 5.56 Å². The molecule has 0 aliphatic rings. The molecule has 0 spiro atoms. The standard InChI is InChI=1S/C16H14Br2O/c1-2-4-11-5-3-6-12(9-11)16(19)14-8-7-13(17)10-15(14)18/h3,5-10H,2,4H2,1H3. The van der Waals surface area contributed by atoms with E-state index < -0.39 is 0 Å². The lowest BCUT2D eigenvalue weighted by molar-refractivity contribution is 0.103. The largest absolute Gasteiger partial charge is 0.289 e. The molecule has 0 unspecified atom stereocenters. The normalized spacial score (nSPS) is 10.5. The number of carbonyl (C=O) groups is 1. The van der Waals surface area contributed by atoms with E-state index in [4.69, 9.17) is 0 Å². The van der Waals surface area contributed by atoms with Gasteiger partial charge in [-0.2, -0.15) is 0 Å². The van der Waals surface area contributed by atoms with Crippen LogP contribution in [0.2, 0.25) is 0 Å². The van der Waals surface area contributed by atoms with Crippen molar-refractivity contribution in [2.75, 3.05) is 0 Å². The zero-order chi connectivity index (χ0) is 13.8. The first kappa shape index (κ1) is 14.5. The molecule has 2 rings (SSSR count). The second kappa shape index (κ2) is 6.49. The molecule has 0 aliphatic carbocycles. The van der Waals surface area contributed by atoms with Gasteiger partial charge in [0.1, 0.15) is 0 Å². The second-order valence-corrected chi connectivity index (χ2v) is 6.17. The number of ketones is 1. The molecule has 0 N–H and O–H groups in total. The number of hydrogen-bond acceptors (Lipinski definition) is 1. The van der Waals surface area contributed by atoms with Crippen LogP contribution in [0, 0.1) is 0 Å². The summed E-state index contributed by atoms with van der Waals surface area (Å²) in [5.41, 5.74) is 2.65. The highest BCUT2D eigenvalue weighted by molar-refractivity contribution is 9.11. The third-order valence-corrected chi connectivity index (χ3v) is 4.05. The molecule has 2 aromatic carbocycles. The van der Waals surface area contributed by atoms with Crippen LogP contribution < -0.4 is 0 Å². The summed E-state index contributed by atoms with van der Waals surface area (Å²) in [6, 6.07) is 13.5. The summed E-state index contributed by atoms with van der Waals surface area (Å²) in [6.07, 6.45) is 2.09. The van der Waals surface area contributed by atoms with Crippen LogP contribution in [0.3, 0.4) is 0 Å². The van der Waals surface area contributed by atoms with E-state index in [1.165, 1.54) is 5.56 Å².